The molecular weight excluding hydrogens is 160 g/mol. The van der Waals surface area contributed by atoms with Gasteiger partial charge in [0.2, 0.25) is 5.76 Å². The van der Waals surface area contributed by atoms with Crippen molar-refractivity contribution in [2.24, 2.45) is 5.73 Å². The van der Waals surface area contributed by atoms with Crippen molar-refractivity contribution in [1.29, 1.82) is 0 Å². The summed E-state index contributed by atoms with van der Waals surface area (Å²) in [6, 6.07) is 0. The summed E-state index contributed by atoms with van der Waals surface area (Å²) in [6.07, 6.45) is 0. The minimum absolute atomic E-state index is 0.0781. The number of methoxy groups -OCH3 is 1. The maximum atomic E-state index is 10.7. The second-order valence-corrected chi connectivity index (χ2v) is 2.31. The van der Waals surface area contributed by atoms with Crippen molar-refractivity contribution >= 4 is 5.91 Å². The molecule has 2 N–H and O–H groups in total. The molecule has 1 heterocycles. The number of amides is 1. The molecule has 0 saturated heterocycles. The molecule has 0 aliphatic rings. The van der Waals surface area contributed by atoms with Gasteiger partial charge < -0.3 is 14.9 Å². The van der Waals surface area contributed by atoms with Crippen LogP contribution in [0.25, 0.3) is 0 Å². The SMILES string of the molecule is COCc1nc(C)oc1C(N)=O. The van der Waals surface area contributed by atoms with E-state index in [0.717, 1.165) is 0 Å². The molecular formula is C7H10N2O3. The molecule has 0 aliphatic heterocycles. The number of rotatable bonds is 3. The van der Waals surface area contributed by atoms with Crippen molar-refractivity contribution in [3.8, 4) is 0 Å². The number of ether oxygens (including phenoxy) is 1. The van der Waals surface area contributed by atoms with Crippen LogP contribution in [0, 0.1) is 6.92 Å². The maximum Gasteiger partial charge on any atom is 0.286 e. The van der Waals surface area contributed by atoms with Gasteiger partial charge in [-0.25, -0.2) is 4.98 Å². The highest BCUT2D eigenvalue weighted by Crippen LogP contribution is 2.10. The third-order valence-electron chi connectivity index (χ3n) is 1.31. The van der Waals surface area contributed by atoms with Crippen molar-refractivity contribution in [2.45, 2.75) is 13.5 Å². The monoisotopic (exact) mass is 170 g/mol. The summed E-state index contributed by atoms with van der Waals surface area (Å²) < 4.78 is 9.76. The second kappa shape index (κ2) is 3.36. The van der Waals surface area contributed by atoms with Gasteiger partial charge in [0.05, 0.1) is 6.61 Å². The number of carbonyl (C=O) groups is 1. The number of nitrogens with zero attached hydrogens (tertiary/aromatic N) is 1. The highest BCUT2D eigenvalue weighted by molar-refractivity contribution is 5.90. The summed E-state index contributed by atoms with van der Waals surface area (Å²) >= 11 is 0. The lowest BCUT2D eigenvalue weighted by atomic mass is 10.3. The largest absolute Gasteiger partial charge is 0.435 e. The average Bonchev–Trinajstić information content (AvgIpc) is 2.32. The van der Waals surface area contributed by atoms with E-state index in [1.165, 1.54) is 7.11 Å². The molecule has 0 saturated carbocycles. The van der Waals surface area contributed by atoms with Crippen molar-refractivity contribution in [3.05, 3.63) is 17.3 Å². The van der Waals surface area contributed by atoms with Gasteiger partial charge in [-0.15, -0.1) is 0 Å². The van der Waals surface area contributed by atoms with Crippen LogP contribution in [0.1, 0.15) is 22.1 Å². The fourth-order valence-electron chi connectivity index (χ4n) is 0.897. The van der Waals surface area contributed by atoms with Crippen LogP contribution in [0.5, 0.6) is 0 Å². The number of carbonyl (C=O) groups excluding carboxylic acids is 1. The molecule has 0 radical (unpaired) electrons. The van der Waals surface area contributed by atoms with E-state index < -0.39 is 5.91 Å². The van der Waals surface area contributed by atoms with E-state index in [1.807, 2.05) is 0 Å². The molecule has 1 aromatic heterocycles. The van der Waals surface area contributed by atoms with E-state index >= 15 is 0 Å². The molecule has 1 rings (SSSR count). The van der Waals surface area contributed by atoms with E-state index in [1.54, 1.807) is 6.92 Å². The topological polar surface area (TPSA) is 78.3 Å². The Labute approximate surface area is 69.5 Å². The highest BCUT2D eigenvalue weighted by atomic mass is 16.5. The zero-order valence-corrected chi connectivity index (χ0v) is 6.96. The number of aromatic nitrogens is 1. The lowest BCUT2D eigenvalue weighted by Gasteiger charge is -1.93. The number of nitrogens with two attached hydrogens (primary N) is 1. The standard InChI is InChI=1S/C7H10N2O3/c1-4-9-5(3-11-2)6(12-4)7(8)10/h3H2,1-2H3,(H2,8,10). The maximum absolute atomic E-state index is 10.7. The van der Waals surface area contributed by atoms with Gasteiger partial charge in [-0.3, -0.25) is 4.79 Å². The van der Waals surface area contributed by atoms with E-state index in [0.29, 0.717) is 11.6 Å². The van der Waals surface area contributed by atoms with E-state index in [2.05, 4.69) is 4.98 Å². The first kappa shape index (κ1) is 8.73. The summed E-state index contributed by atoms with van der Waals surface area (Å²) in [5.41, 5.74) is 5.48. The van der Waals surface area contributed by atoms with Crippen molar-refractivity contribution in [2.75, 3.05) is 7.11 Å². The molecule has 5 nitrogen and oxygen atoms in total. The quantitative estimate of drug-likeness (QED) is 0.704. The summed E-state index contributed by atoms with van der Waals surface area (Å²) in [5, 5.41) is 0. The van der Waals surface area contributed by atoms with Crippen LogP contribution in [0.3, 0.4) is 0 Å². The Hall–Kier alpha value is -1.36. The molecule has 66 valence electrons. The molecule has 12 heavy (non-hydrogen) atoms. The van der Waals surface area contributed by atoms with Crippen LogP contribution in [0.15, 0.2) is 4.42 Å². The van der Waals surface area contributed by atoms with Gasteiger partial charge in [0, 0.05) is 14.0 Å². The summed E-state index contributed by atoms with van der Waals surface area (Å²) in [5.74, 6) is -0.132. The molecule has 0 spiro atoms. The van der Waals surface area contributed by atoms with Gasteiger partial charge >= 0.3 is 0 Å². The van der Waals surface area contributed by atoms with Crippen LogP contribution in [0.2, 0.25) is 0 Å². The number of hydrogen-bond acceptors (Lipinski definition) is 4. The summed E-state index contributed by atoms with van der Waals surface area (Å²) in [6.45, 7) is 1.88. The zero-order valence-electron chi connectivity index (χ0n) is 6.96. The Morgan fingerprint density at radius 1 is 1.75 bits per heavy atom. The first-order chi connectivity index (χ1) is 5.65. The van der Waals surface area contributed by atoms with Crippen LogP contribution in [0.4, 0.5) is 0 Å². The van der Waals surface area contributed by atoms with Gasteiger partial charge in [0.1, 0.15) is 5.69 Å². The smallest absolute Gasteiger partial charge is 0.286 e. The van der Waals surface area contributed by atoms with Gasteiger partial charge in [-0.2, -0.15) is 0 Å². The van der Waals surface area contributed by atoms with E-state index in [9.17, 15) is 4.79 Å². The number of hydrogen-bond donors (Lipinski definition) is 1. The van der Waals surface area contributed by atoms with Gasteiger partial charge in [0.15, 0.2) is 5.89 Å². The lowest BCUT2D eigenvalue weighted by Crippen LogP contribution is -2.12. The van der Waals surface area contributed by atoms with Gasteiger partial charge in [-0.05, 0) is 0 Å². The fourth-order valence-corrected chi connectivity index (χ4v) is 0.897. The minimum atomic E-state index is -0.623. The molecule has 0 fully saturated rings. The second-order valence-electron chi connectivity index (χ2n) is 2.31. The van der Waals surface area contributed by atoms with Crippen LogP contribution in [-0.2, 0) is 11.3 Å². The Morgan fingerprint density at radius 3 is 2.92 bits per heavy atom. The first-order valence-corrected chi connectivity index (χ1v) is 3.40. The molecule has 1 aromatic rings. The van der Waals surface area contributed by atoms with Crippen LogP contribution >= 0.6 is 0 Å². The van der Waals surface area contributed by atoms with Gasteiger partial charge in [-0.1, -0.05) is 0 Å². The Balaban J connectivity index is 2.99. The highest BCUT2D eigenvalue weighted by Gasteiger charge is 2.15. The molecule has 0 unspecified atom stereocenters. The van der Waals surface area contributed by atoms with Crippen molar-refractivity contribution < 1.29 is 13.9 Å². The number of primary amides is 1. The van der Waals surface area contributed by atoms with Crippen molar-refractivity contribution in [1.82, 2.24) is 4.98 Å². The zero-order chi connectivity index (χ0) is 9.14. The van der Waals surface area contributed by atoms with E-state index in [-0.39, 0.29) is 12.4 Å². The third kappa shape index (κ3) is 1.62. The molecule has 0 aliphatic carbocycles. The normalized spacial score (nSPS) is 10.2. The number of oxazole rings is 1. The summed E-state index contributed by atoms with van der Waals surface area (Å²) in [4.78, 5) is 14.7. The number of aryl methyl sites for hydroxylation is 1. The predicted molar refractivity (Wildman–Crippen MR) is 40.5 cm³/mol. The molecule has 1 amide bonds. The lowest BCUT2D eigenvalue weighted by molar-refractivity contribution is 0.0966. The van der Waals surface area contributed by atoms with Crippen LogP contribution < -0.4 is 5.73 Å². The Kier molecular flexibility index (Phi) is 2.44. The predicted octanol–water partition coefficient (Wildman–Crippen LogP) is 0.228. The third-order valence-corrected chi connectivity index (χ3v) is 1.31. The van der Waals surface area contributed by atoms with E-state index in [4.69, 9.17) is 14.9 Å². The first-order valence-electron chi connectivity index (χ1n) is 3.40. The average molecular weight is 170 g/mol. The Bertz CT molecular complexity index is 293. The molecule has 0 atom stereocenters. The fraction of sp³-hybridized carbons (Fsp3) is 0.429. The molecule has 0 bridgehead atoms. The minimum Gasteiger partial charge on any atom is -0.435 e. The molecule has 0 aromatic carbocycles. The van der Waals surface area contributed by atoms with Gasteiger partial charge in [0.25, 0.3) is 5.91 Å². The van der Waals surface area contributed by atoms with Crippen molar-refractivity contribution in [3.63, 3.8) is 0 Å². The van der Waals surface area contributed by atoms with Crippen LogP contribution in [-0.4, -0.2) is 18.0 Å². The Morgan fingerprint density at radius 2 is 2.42 bits per heavy atom. The summed E-state index contributed by atoms with van der Waals surface area (Å²) in [7, 11) is 1.51. The molecule has 5 heteroatoms.